The van der Waals surface area contributed by atoms with Gasteiger partial charge < -0.3 is 14.5 Å². The van der Waals surface area contributed by atoms with Crippen LogP contribution < -0.4 is 14.5 Å². The average molecular weight is 580 g/mol. The van der Waals surface area contributed by atoms with E-state index in [0.29, 0.717) is 13.0 Å². The smallest absolute Gasteiger partial charge is 0.162 e. The summed E-state index contributed by atoms with van der Waals surface area (Å²) in [6, 6.07) is 37.0. The minimum absolute atomic E-state index is 0.0915. The second kappa shape index (κ2) is 10.4. The summed E-state index contributed by atoms with van der Waals surface area (Å²) in [5, 5.41) is 0. The van der Waals surface area contributed by atoms with E-state index in [-0.39, 0.29) is 17.4 Å². The summed E-state index contributed by atoms with van der Waals surface area (Å²) in [5.41, 5.74) is 5.23. The lowest BCUT2D eigenvalue weighted by atomic mass is 9.74. The van der Waals surface area contributed by atoms with Crippen LogP contribution in [0.15, 0.2) is 125 Å². The van der Waals surface area contributed by atoms with Crippen LogP contribution in [0.2, 0.25) is 0 Å². The quantitative estimate of drug-likeness (QED) is 0.236. The van der Waals surface area contributed by atoms with Crippen LogP contribution in [0.1, 0.15) is 38.4 Å². The first-order valence-corrected chi connectivity index (χ1v) is 14.1. The Morgan fingerprint density at radius 1 is 0.744 bits per heavy atom. The highest BCUT2D eigenvalue weighted by Crippen LogP contribution is 2.48. The van der Waals surface area contributed by atoms with E-state index in [4.69, 9.17) is 4.74 Å². The van der Waals surface area contributed by atoms with Gasteiger partial charge in [0.25, 0.3) is 0 Å². The summed E-state index contributed by atoms with van der Waals surface area (Å²) in [6.45, 7) is 4.96. The lowest BCUT2D eigenvalue weighted by molar-refractivity contribution is -0.118. The van der Waals surface area contributed by atoms with Gasteiger partial charge in [-0.3, -0.25) is 4.79 Å². The van der Waals surface area contributed by atoms with Crippen LogP contribution in [0.5, 0.6) is 11.5 Å². The van der Waals surface area contributed by atoms with Gasteiger partial charge in [-0.1, -0.05) is 78.3 Å². The fourth-order valence-electron chi connectivity index (χ4n) is 5.69. The molecule has 0 saturated carbocycles. The Balaban J connectivity index is 1.47. The van der Waals surface area contributed by atoms with Gasteiger partial charge in [-0.25, -0.2) is 0 Å². The maximum atomic E-state index is 13.6. The first-order chi connectivity index (χ1) is 18.9. The first kappa shape index (κ1) is 25.4. The molecule has 1 atom stereocenters. The van der Waals surface area contributed by atoms with Gasteiger partial charge in [0.1, 0.15) is 17.7 Å². The van der Waals surface area contributed by atoms with E-state index in [1.165, 1.54) is 0 Å². The van der Waals surface area contributed by atoms with Crippen LogP contribution in [0, 0.1) is 5.41 Å². The van der Waals surface area contributed by atoms with Gasteiger partial charge >= 0.3 is 0 Å². The van der Waals surface area contributed by atoms with Crippen LogP contribution in [0.3, 0.4) is 0 Å². The third kappa shape index (κ3) is 5.24. The molecule has 1 aliphatic heterocycles. The second-order valence-corrected chi connectivity index (χ2v) is 11.9. The van der Waals surface area contributed by atoms with Crippen LogP contribution in [-0.4, -0.2) is 12.3 Å². The van der Waals surface area contributed by atoms with Crippen molar-refractivity contribution in [1.82, 2.24) is 0 Å². The molecule has 4 nitrogen and oxygen atoms in total. The minimum Gasteiger partial charge on any atom is -0.457 e. The zero-order valence-electron chi connectivity index (χ0n) is 22.2. The van der Waals surface area contributed by atoms with Crippen LogP contribution in [-0.2, 0) is 4.79 Å². The van der Waals surface area contributed by atoms with Gasteiger partial charge in [0, 0.05) is 33.5 Å². The fourth-order valence-corrected chi connectivity index (χ4v) is 5.96. The van der Waals surface area contributed by atoms with Crippen LogP contribution in [0.4, 0.5) is 11.4 Å². The van der Waals surface area contributed by atoms with Crippen molar-refractivity contribution in [2.45, 2.75) is 32.9 Å². The Morgan fingerprint density at radius 2 is 1.36 bits per heavy atom. The van der Waals surface area contributed by atoms with E-state index < -0.39 is 0 Å². The van der Waals surface area contributed by atoms with Crippen molar-refractivity contribution < 1.29 is 9.53 Å². The Bertz CT molecular complexity index is 1500. The highest BCUT2D eigenvalue weighted by molar-refractivity contribution is 9.10. The summed E-state index contributed by atoms with van der Waals surface area (Å²) in [7, 11) is 0. The Labute approximate surface area is 238 Å². The number of carbonyl (C=O) groups is 1. The lowest BCUT2D eigenvalue weighted by Crippen LogP contribution is -2.51. The molecule has 0 aromatic heterocycles. The number of anilines is 2. The molecule has 39 heavy (non-hydrogen) atoms. The number of rotatable bonds is 5. The summed E-state index contributed by atoms with van der Waals surface area (Å²) < 4.78 is 7.10. The highest BCUT2D eigenvalue weighted by atomic mass is 79.9. The van der Waals surface area contributed by atoms with Gasteiger partial charge in [0.2, 0.25) is 0 Å². The van der Waals surface area contributed by atoms with Crippen molar-refractivity contribution in [3.8, 4) is 11.5 Å². The third-order valence-electron chi connectivity index (χ3n) is 7.48. The van der Waals surface area contributed by atoms with E-state index in [1.807, 2.05) is 48.5 Å². The molecular formula is C34H31BrN2O2. The number of halogens is 1. The molecule has 1 aliphatic carbocycles. The molecule has 5 heteroatoms. The molecule has 0 saturated heterocycles. The van der Waals surface area contributed by atoms with Crippen molar-refractivity contribution in [3.63, 3.8) is 0 Å². The number of para-hydroxylation sites is 2. The van der Waals surface area contributed by atoms with E-state index in [2.05, 4.69) is 100 Å². The third-order valence-corrected chi connectivity index (χ3v) is 8.01. The van der Waals surface area contributed by atoms with Crippen LogP contribution >= 0.6 is 15.9 Å². The number of ketones is 1. The van der Waals surface area contributed by atoms with E-state index in [9.17, 15) is 4.79 Å². The molecule has 2 aliphatic rings. The standard InChI is InChI=1S/C34H31BrN2O2/c1-34(2)21-31-30(32(38)22-34)23-36(26-17-19-29(20-18-26)39-28-11-7-4-8-12-28)33(24-13-15-25(35)16-14-24)37(31)27-9-5-3-6-10-27/h3-20,33H,21-23H2,1-2H3. The monoisotopic (exact) mass is 578 g/mol. The van der Waals surface area contributed by atoms with Crippen molar-refractivity contribution in [2.24, 2.45) is 5.41 Å². The first-order valence-electron chi connectivity index (χ1n) is 13.3. The number of hydrogen-bond donors (Lipinski definition) is 0. The number of benzene rings is 4. The Kier molecular flexibility index (Phi) is 6.78. The summed E-state index contributed by atoms with van der Waals surface area (Å²) in [5.74, 6) is 1.82. The molecule has 0 fully saturated rings. The molecule has 0 N–H and O–H groups in total. The molecular weight excluding hydrogens is 548 g/mol. The number of ether oxygens (including phenoxy) is 1. The number of hydrogen-bond acceptors (Lipinski definition) is 4. The number of carbonyl (C=O) groups excluding carboxylic acids is 1. The molecule has 196 valence electrons. The van der Waals surface area contributed by atoms with Crippen molar-refractivity contribution >= 4 is 33.1 Å². The topological polar surface area (TPSA) is 32.8 Å². The number of allylic oxidation sites excluding steroid dienone is 1. The minimum atomic E-state index is -0.123. The SMILES string of the molecule is CC1(C)CC(=O)C2=C(C1)N(c1ccccc1)C(c1ccc(Br)cc1)N(c1ccc(Oc3ccccc3)cc1)C2. The molecule has 0 bridgehead atoms. The molecule has 0 radical (unpaired) electrons. The van der Waals surface area contributed by atoms with Gasteiger partial charge in [-0.15, -0.1) is 0 Å². The molecule has 4 aromatic carbocycles. The normalized spacial score (nSPS) is 18.6. The molecule has 0 amide bonds. The predicted molar refractivity (Wildman–Crippen MR) is 161 cm³/mol. The van der Waals surface area contributed by atoms with E-state index in [0.717, 1.165) is 50.6 Å². The summed E-state index contributed by atoms with van der Waals surface area (Å²) >= 11 is 3.61. The van der Waals surface area contributed by atoms with Gasteiger partial charge in [-0.2, -0.15) is 0 Å². The van der Waals surface area contributed by atoms with Gasteiger partial charge in [0.05, 0.1) is 6.54 Å². The largest absolute Gasteiger partial charge is 0.457 e. The Morgan fingerprint density at radius 3 is 2.03 bits per heavy atom. The molecule has 4 aromatic rings. The molecule has 1 unspecified atom stereocenters. The Hall–Kier alpha value is -3.83. The van der Waals surface area contributed by atoms with Crippen molar-refractivity contribution in [1.29, 1.82) is 0 Å². The summed E-state index contributed by atoms with van der Waals surface area (Å²) in [4.78, 5) is 18.3. The van der Waals surface area contributed by atoms with Gasteiger partial charge in [0.15, 0.2) is 5.78 Å². The second-order valence-electron chi connectivity index (χ2n) is 11.0. The maximum Gasteiger partial charge on any atom is 0.162 e. The van der Waals surface area contributed by atoms with Crippen LogP contribution in [0.25, 0.3) is 0 Å². The van der Waals surface area contributed by atoms with Crippen molar-refractivity contribution in [3.05, 3.63) is 131 Å². The molecule has 6 rings (SSSR count). The number of nitrogens with zero attached hydrogens (tertiary/aromatic N) is 2. The predicted octanol–water partition coefficient (Wildman–Crippen LogP) is 8.91. The highest BCUT2D eigenvalue weighted by Gasteiger charge is 2.43. The van der Waals surface area contributed by atoms with Gasteiger partial charge in [-0.05, 0) is 78.1 Å². The zero-order valence-corrected chi connectivity index (χ0v) is 23.8. The summed E-state index contributed by atoms with van der Waals surface area (Å²) in [6.07, 6.45) is 1.30. The molecule has 1 heterocycles. The maximum absolute atomic E-state index is 13.6. The number of Topliss-reactive ketones (excluding diaryl/α,β-unsaturated/α-hetero) is 1. The van der Waals surface area contributed by atoms with Crippen molar-refractivity contribution in [2.75, 3.05) is 16.3 Å². The molecule has 0 spiro atoms. The van der Waals surface area contributed by atoms with E-state index >= 15 is 0 Å². The van der Waals surface area contributed by atoms with E-state index in [1.54, 1.807) is 0 Å². The lowest BCUT2D eigenvalue weighted by Gasteiger charge is -2.51. The average Bonchev–Trinajstić information content (AvgIpc) is 2.94. The fraction of sp³-hybridized carbons (Fsp3) is 0.206. The zero-order chi connectivity index (χ0) is 27.0.